The summed E-state index contributed by atoms with van der Waals surface area (Å²) >= 11 is 0. The highest BCUT2D eigenvalue weighted by Gasteiger charge is 2.36. The minimum atomic E-state index is 0.568. The van der Waals surface area contributed by atoms with Crippen LogP contribution in [-0.2, 0) is 7.05 Å². The topological polar surface area (TPSA) is 74.1 Å². The number of H-pyrrole nitrogens is 1. The van der Waals surface area contributed by atoms with E-state index in [1.165, 1.54) is 12.8 Å². The molecule has 0 bridgehead atoms. The number of benzene rings is 2. The summed E-state index contributed by atoms with van der Waals surface area (Å²) in [7, 11) is 1.98. The zero-order valence-corrected chi connectivity index (χ0v) is 17.1. The van der Waals surface area contributed by atoms with Crippen LogP contribution in [0, 0.1) is 6.92 Å². The van der Waals surface area contributed by atoms with Crippen molar-refractivity contribution in [1.29, 1.82) is 0 Å². The summed E-state index contributed by atoms with van der Waals surface area (Å²) in [4.78, 5) is 11.0. The molecule has 0 saturated heterocycles. The van der Waals surface area contributed by atoms with Crippen LogP contribution >= 0.6 is 0 Å². The van der Waals surface area contributed by atoms with Crippen LogP contribution in [0.15, 0.2) is 53.6 Å². The van der Waals surface area contributed by atoms with E-state index in [1.807, 2.05) is 36.9 Å². The van der Waals surface area contributed by atoms with Crippen molar-refractivity contribution >= 4 is 16.7 Å². The standard InChI is InChI=1S/C23H23N7/c1-14-18-12-16(8-11-19(18)29(2)28-14)20-21(23-27-24-13-30(23)17-9-10-17)26-22(25-20)15-6-4-3-5-7-15/h3-8,11-12,17,24H,9-10,13H2,1-2H3,(H,25,26). The van der Waals surface area contributed by atoms with E-state index in [9.17, 15) is 0 Å². The third kappa shape index (κ3) is 2.69. The summed E-state index contributed by atoms with van der Waals surface area (Å²) in [5.74, 6) is 1.80. The van der Waals surface area contributed by atoms with Gasteiger partial charge in [-0.2, -0.15) is 10.2 Å². The van der Waals surface area contributed by atoms with Crippen LogP contribution in [-0.4, -0.2) is 43.2 Å². The summed E-state index contributed by atoms with van der Waals surface area (Å²) < 4.78 is 1.93. The summed E-state index contributed by atoms with van der Waals surface area (Å²) in [5, 5.41) is 10.3. The second kappa shape index (κ2) is 6.45. The van der Waals surface area contributed by atoms with Crippen LogP contribution in [0.25, 0.3) is 33.5 Å². The molecule has 3 heterocycles. The lowest BCUT2D eigenvalue weighted by atomic mass is 10.1. The largest absolute Gasteiger partial charge is 0.335 e. The average molecular weight is 397 g/mol. The SMILES string of the molecule is Cc1nn(C)c2ccc(-c3nc(-c4ccccc4)[nH]c3C3=NNCN3C3CC3)cc12. The second-order valence-corrected chi connectivity index (χ2v) is 8.07. The number of fused-ring (bicyclic) bond motifs is 1. The highest BCUT2D eigenvalue weighted by molar-refractivity contribution is 6.04. The van der Waals surface area contributed by atoms with Crippen LogP contribution in [0.1, 0.15) is 24.2 Å². The van der Waals surface area contributed by atoms with Crippen LogP contribution < -0.4 is 5.43 Å². The first kappa shape index (κ1) is 17.3. The second-order valence-electron chi connectivity index (χ2n) is 8.07. The summed E-state index contributed by atoms with van der Waals surface area (Å²) in [5.41, 5.74) is 9.33. The average Bonchev–Trinajstić information content (AvgIpc) is 3.21. The predicted molar refractivity (Wildman–Crippen MR) is 118 cm³/mol. The van der Waals surface area contributed by atoms with E-state index in [0.717, 1.165) is 57.4 Å². The van der Waals surface area contributed by atoms with Crippen molar-refractivity contribution in [2.75, 3.05) is 6.67 Å². The fourth-order valence-corrected chi connectivity index (χ4v) is 4.28. The van der Waals surface area contributed by atoms with E-state index in [2.05, 4.69) is 55.8 Å². The maximum absolute atomic E-state index is 5.03. The van der Waals surface area contributed by atoms with Gasteiger partial charge in [0, 0.05) is 29.6 Å². The Labute approximate surface area is 174 Å². The zero-order valence-electron chi connectivity index (χ0n) is 17.1. The lowest BCUT2D eigenvalue weighted by molar-refractivity contribution is 0.416. The Kier molecular flexibility index (Phi) is 3.71. The highest BCUT2D eigenvalue weighted by atomic mass is 15.5. The van der Waals surface area contributed by atoms with Gasteiger partial charge in [0.05, 0.1) is 11.2 Å². The molecule has 0 radical (unpaired) electrons. The van der Waals surface area contributed by atoms with Crippen molar-refractivity contribution in [3.63, 3.8) is 0 Å². The molecule has 0 atom stereocenters. The summed E-state index contributed by atoms with van der Waals surface area (Å²) in [6.07, 6.45) is 2.44. The van der Waals surface area contributed by atoms with E-state index >= 15 is 0 Å². The highest BCUT2D eigenvalue weighted by Crippen LogP contribution is 2.34. The van der Waals surface area contributed by atoms with Gasteiger partial charge >= 0.3 is 0 Å². The minimum absolute atomic E-state index is 0.568. The zero-order chi connectivity index (χ0) is 20.2. The fourth-order valence-electron chi connectivity index (χ4n) is 4.28. The number of hydrogen-bond acceptors (Lipinski definition) is 5. The van der Waals surface area contributed by atoms with E-state index < -0.39 is 0 Å². The molecule has 7 heteroatoms. The van der Waals surface area contributed by atoms with Gasteiger partial charge in [-0.15, -0.1) is 0 Å². The van der Waals surface area contributed by atoms with Gasteiger partial charge in [-0.3, -0.25) is 10.1 Å². The molecular formula is C23H23N7. The molecule has 2 aromatic heterocycles. The van der Waals surface area contributed by atoms with Gasteiger partial charge in [0.25, 0.3) is 0 Å². The Morgan fingerprint density at radius 3 is 2.67 bits per heavy atom. The van der Waals surface area contributed by atoms with Gasteiger partial charge in [0.15, 0.2) is 5.84 Å². The molecule has 2 aliphatic rings. The van der Waals surface area contributed by atoms with Gasteiger partial charge in [-0.1, -0.05) is 36.4 Å². The normalized spacial score (nSPS) is 16.2. The number of aryl methyl sites for hydroxylation is 2. The van der Waals surface area contributed by atoms with Crippen molar-refractivity contribution in [2.24, 2.45) is 12.1 Å². The molecule has 150 valence electrons. The number of rotatable bonds is 4. The summed E-state index contributed by atoms with van der Waals surface area (Å²) in [6.45, 7) is 2.80. The number of imidazole rings is 1. The number of hydrazone groups is 1. The quantitative estimate of drug-likeness (QED) is 0.552. The monoisotopic (exact) mass is 397 g/mol. The van der Waals surface area contributed by atoms with Crippen molar-refractivity contribution < 1.29 is 0 Å². The number of hydrogen-bond donors (Lipinski definition) is 2. The van der Waals surface area contributed by atoms with Crippen LogP contribution in [0.5, 0.6) is 0 Å². The molecule has 1 aliphatic carbocycles. The van der Waals surface area contributed by atoms with E-state index in [0.29, 0.717) is 6.04 Å². The van der Waals surface area contributed by atoms with Gasteiger partial charge in [0.1, 0.15) is 23.9 Å². The Balaban J connectivity index is 1.53. The molecule has 0 unspecified atom stereocenters. The van der Waals surface area contributed by atoms with Crippen LogP contribution in [0.2, 0.25) is 0 Å². The number of aromatic amines is 1. The molecule has 2 N–H and O–H groups in total. The van der Waals surface area contributed by atoms with Gasteiger partial charge in [-0.25, -0.2) is 4.98 Å². The van der Waals surface area contributed by atoms with Gasteiger partial charge in [0.2, 0.25) is 0 Å². The Hall–Kier alpha value is -3.61. The maximum Gasteiger partial charge on any atom is 0.176 e. The number of aromatic nitrogens is 4. The lowest BCUT2D eigenvalue weighted by Crippen LogP contribution is -2.32. The molecule has 4 aromatic rings. The molecule has 6 rings (SSSR count). The Morgan fingerprint density at radius 2 is 1.87 bits per heavy atom. The van der Waals surface area contributed by atoms with Crippen LogP contribution in [0.4, 0.5) is 0 Å². The molecule has 7 nitrogen and oxygen atoms in total. The third-order valence-corrected chi connectivity index (χ3v) is 5.97. The van der Waals surface area contributed by atoms with Crippen LogP contribution in [0.3, 0.4) is 0 Å². The lowest BCUT2D eigenvalue weighted by Gasteiger charge is -2.18. The third-order valence-electron chi connectivity index (χ3n) is 5.97. The molecule has 0 spiro atoms. The molecule has 0 amide bonds. The molecule has 2 aromatic carbocycles. The van der Waals surface area contributed by atoms with E-state index in [1.54, 1.807) is 0 Å². The molecule has 30 heavy (non-hydrogen) atoms. The molecule has 1 aliphatic heterocycles. The van der Waals surface area contributed by atoms with Crippen molar-refractivity contribution in [3.8, 4) is 22.6 Å². The van der Waals surface area contributed by atoms with E-state index in [-0.39, 0.29) is 0 Å². The van der Waals surface area contributed by atoms with Crippen molar-refractivity contribution in [3.05, 3.63) is 59.9 Å². The first-order valence-electron chi connectivity index (χ1n) is 10.4. The Bertz CT molecular complexity index is 1280. The van der Waals surface area contributed by atoms with Crippen molar-refractivity contribution in [2.45, 2.75) is 25.8 Å². The van der Waals surface area contributed by atoms with Gasteiger partial charge < -0.3 is 9.88 Å². The molecular weight excluding hydrogens is 374 g/mol. The first-order chi connectivity index (χ1) is 14.7. The predicted octanol–water partition coefficient (Wildman–Crippen LogP) is 3.63. The minimum Gasteiger partial charge on any atom is -0.335 e. The van der Waals surface area contributed by atoms with Crippen molar-refractivity contribution in [1.82, 2.24) is 30.1 Å². The number of nitrogens with zero attached hydrogens (tertiary/aromatic N) is 5. The number of nitrogens with one attached hydrogen (secondary N) is 2. The molecule has 1 saturated carbocycles. The fraction of sp³-hybridized carbons (Fsp3) is 0.261. The molecule has 1 fully saturated rings. The van der Waals surface area contributed by atoms with Gasteiger partial charge in [-0.05, 0) is 31.9 Å². The van der Waals surface area contributed by atoms with E-state index in [4.69, 9.17) is 4.98 Å². The smallest absolute Gasteiger partial charge is 0.176 e. The first-order valence-corrected chi connectivity index (χ1v) is 10.4. The Morgan fingerprint density at radius 1 is 1.03 bits per heavy atom. The number of amidine groups is 1. The maximum atomic E-state index is 5.03. The summed E-state index contributed by atoms with van der Waals surface area (Å²) in [6, 6.07) is 17.3.